The number of halogens is 3. The summed E-state index contributed by atoms with van der Waals surface area (Å²) in [6.45, 7) is 3.85. The van der Waals surface area contributed by atoms with Gasteiger partial charge in [0.15, 0.2) is 0 Å². The van der Waals surface area contributed by atoms with Crippen molar-refractivity contribution >= 4 is 23.6 Å². The van der Waals surface area contributed by atoms with Crippen molar-refractivity contribution in [1.29, 1.82) is 0 Å². The molecule has 1 heterocycles. The number of aldehydes is 1. The summed E-state index contributed by atoms with van der Waals surface area (Å²) in [5.74, 6) is -0.909. The molecule has 2 atom stereocenters. The average Bonchev–Trinajstić information content (AvgIpc) is 3.08. The standard InChI is InChI=1S/C19H21F3N2O3S/c1-11(2)6-14(9-25)23-16(18(26)27)8-15-10-28-17(24-15)12-4-3-5-13(7-12)19(20,21)22/h3-5,7,9-11,14,16,23H,6,8H2,1-2H3,(H,26,27). The minimum absolute atomic E-state index is 0.0211. The van der Waals surface area contributed by atoms with E-state index in [2.05, 4.69) is 10.3 Å². The fourth-order valence-electron chi connectivity index (χ4n) is 2.72. The van der Waals surface area contributed by atoms with E-state index in [1.807, 2.05) is 13.8 Å². The number of aromatic nitrogens is 1. The molecule has 0 aliphatic carbocycles. The highest BCUT2D eigenvalue weighted by molar-refractivity contribution is 7.13. The molecule has 0 radical (unpaired) electrons. The van der Waals surface area contributed by atoms with Crippen molar-refractivity contribution in [1.82, 2.24) is 10.3 Å². The lowest BCUT2D eigenvalue weighted by atomic mass is 10.0. The summed E-state index contributed by atoms with van der Waals surface area (Å²) in [4.78, 5) is 27.0. The summed E-state index contributed by atoms with van der Waals surface area (Å²) in [7, 11) is 0. The molecule has 0 aliphatic heterocycles. The maximum absolute atomic E-state index is 12.9. The van der Waals surface area contributed by atoms with E-state index in [1.165, 1.54) is 12.1 Å². The second-order valence-electron chi connectivity index (χ2n) is 6.86. The highest BCUT2D eigenvalue weighted by Gasteiger charge is 2.30. The first-order valence-electron chi connectivity index (χ1n) is 8.66. The smallest absolute Gasteiger partial charge is 0.416 e. The largest absolute Gasteiger partial charge is 0.480 e. The number of nitrogens with zero attached hydrogens (tertiary/aromatic N) is 1. The number of thiazole rings is 1. The van der Waals surface area contributed by atoms with Crippen LogP contribution in [-0.4, -0.2) is 34.4 Å². The number of benzene rings is 1. The molecule has 0 spiro atoms. The maximum atomic E-state index is 12.9. The van der Waals surface area contributed by atoms with Crippen LogP contribution >= 0.6 is 11.3 Å². The first-order chi connectivity index (χ1) is 13.1. The summed E-state index contributed by atoms with van der Waals surface area (Å²) in [6.07, 6.45) is -3.24. The lowest BCUT2D eigenvalue weighted by Gasteiger charge is -2.20. The summed E-state index contributed by atoms with van der Waals surface area (Å²) in [5.41, 5.74) is -0.0164. The van der Waals surface area contributed by atoms with Crippen molar-refractivity contribution in [3.63, 3.8) is 0 Å². The van der Waals surface area contributed by atoms with Crippen LogP contribution in [0.4, 0.5) is 13.2 Å². The molecule has 2 N–H and O–H groups in total. The quantitative estimate of drug-likeness (QED) is 0.606. The second-order valence-corrected chi connectivity index (χ2v) is 7.71. The van der Waals surface area contributed by atoms with Gasteiger partial charge in [-0.1, -0.05) is 26.0 Å². The van der Waals surface area contributed by atoms with Crippen LogP contribution in [0.5, 0.6) is 0 Å². The Labute approximate surface area is 164 Å². The van der Waals surface area contributed by atoms with Gasteiger partial charge in [0.25, 0.3) is 0 Å². The number of carbonyl (C=O) groups is 2. The second kappa shape index (κ2) is 9.29. The SMILES string of the molecule is CC(C)CC(C=O)NC(Cc1csc(-c2cccc(C(F)(F)F)c2)n1)C(=O)O. The zero-order valence-corrected chi connectivity index (χ0v) is 16.2. The Morgan fingerprint density at radius 3 is 2.64 bits per heavy atom. The number of alkyl halides is 3. The van der Waals surface area contributed by atoms with Gasteiger partial charge in [-0.25, -0.2) is 4.98 Å². The Kier molecular flexibility index (Phi) is 7.31. The Balaban J connectivity index is 2.16. The molecule has 0 fully saturated rings. The number of hydrogen-bond acceptors (Lipinski definition) is 5. The Morgan fingerprint density at radius 2 is 2.07 bits per heavy atom. The third kappa shape index (κ3) is 6.13. The molecule has 1 aromatic heterocycles. The van der Waals surface area contributed by atoms with E-state index in [9.17, 15) is 27.9 Å². The number of rotatable bonds is 9. The fourth-order valence-corrected chi connectivity index (χ4v) is 3.55. The molecular formula is C19H21F3N2O3S. The fraction of sp³-hybridized carbons (Fsp3) is 0.421. The van der Waals surface area contributed by atoms with Crippen molar-refractivity contribution < 1.29 is 27.9 Å². The topological polar surface area (TPSA) is 79.3 Å². The lowest BCUT2D eigenvalue weighted by Crippen LogP contribution is -2.46. The van der Waals surface area contributed by atoms with Gasteiger partial charge in [-0.15, -0.1) is 11.3 Å². The summed E-state index contributed by atoms with van der Waals surface area (Å²) < 4.78 is 38.6. The molecule has 2 aromatic rings. The molecule has 0 bridgehead atoms. The van der Waals surface area contributed by atoms with E-state index in [-0.39, 0.29) is 12.3 Å². The minimum atomic E-state index is -4.45. The molecule has 9 heteroatoms. The van der Waals surface area contributed by atoms with E-state index in [1.54, 1.807) is 5.38 Å². The van der Waals surface area contributed by atoms with E-state index in [4.69, 9.17) is 0 Å². The third-order valence-corrected chi connectivity index (χ3v) is 4.94. The van der Waals surface area contributed by atoms with Crippen LogP contribution < -0.4 is 5.32 Å². The zero-order chi connectivity index (χ0) is 20.9. The highest BCUT2D eigenvalue weighted by atomic mass is 32.1. The monoisotopic (exact) mass is 414 g/mol. The molecule has 0 saturated heterocycles. The molecule has 2 rings (SSSR count). The summed E-state index contributed by atoms with van der Waals surface area (Å²) in [6, 6.07) is 3.21. The number of aliphatic carboxylic acids is 1. The molecule has 5 nitrogen and oxygen atoms in total. The van der Waals surface area contributed by atoms with E-state index >= 15 is 0 Å². The van der Waals surface area contributed by atoms with Crippen LogP contribution in [0, 0.1) is 5.92 Å². The maximum Gasteiger partial charge on any atom is 0.416 e. The Bertz CT molecular complexity index is 821. The van der Waals surface area contributed by atoms with Crippen molar-refractivity contribution in [3.05, 3.63) is 40.9 Å². The van der Waals surface area contributed by atoms with Crippen molar-refractivity contribution in [2.24, 2.45) is 5.92 Å². The molecule has 0 saturated carbocycles. The van der Waals surface area contributed by atoms with E-state index in [0.29, 0.717) is 29.0 Å². The van der Waals surface area contributed by atoms with Gasteiger partial charge in [-0.05, 0) is 24.5 Å². The van der Waals surface area contributed by atoms with E-state index < -0.39 is 29.8 Å². The highest BCUT2D eigenvalue weighted by Crippen LogP contribution is 2.33. The summed E-state index contributed by atoms with van der Waals surface area (Å²) >= 11 is 1.14. The van der Waals surface area contributed by atoms with Gasteiger partial charge in [0.05, 0.1) is 17.3 Å². The van der Waals surface area contributed by atoms with Gasteiger partial charge < -0.3 is 9.90 Å². The number of carboxylic acids is 1. The van der Waals surface area contributed by atoms with Crippen LogP contribution in [-0.2, 0) is 22.2 Å². The Hall–Kier alpha value is -2.26. The average molecular weight is 414 g/mol. The van der Waals surface area contributed by atoms with Crippen molar-refractivity contribution in [3.8, 4) is 10.6 Å². The van der Waals surface area contributed by atoms with Gasteiger partial charge in [0.1, 0.15) is 17.3 Å². The first kappa shape index (κ1) is 22.0. The van der Waals surface area contributed by atoms with Crippen LogP contribution in [0.25, 0.3) is 10.6 Å². The third-order valence-electron chi connectivity index (χ3n) is 4.00. The number of carboxylic acid groups (broad SMARTS) is 1. The number of nitrogens with one attached hydrogen (secondary N) is 1. The van der Waals surface area contributed by atoms with Gasteiger partial charge >= 0.3 is 12.1 Å². The molecule has 152 valence electrons. The number of hydrogen-bond donors (Lipinski definition) is 2. The minimum Gasteiger partial charge on any atom is -0.480 e. The normalized spacial score (nSPS) is 14.1. The van der Waals surface area contributed by atoms with Crippen LogP contribution in [0.2, 0.25) is 0 Å². The van der Waals surface area contributed by atoms with Crippen LogP contribution in [0.15, 0.2) is 29.6 Å². The zero-order valence-electron chi connectivity index (χ0n) is 15.4. The molecule has 0 amide bonds. The molecule has 1 aromatic carbocycles. The first-order valence-corrected chi connectivity index (χ1v) is 9.54. The predicted molar refractivity (Wildman–Crippen MR) is 100 cm³/mol. The van der Waals surface area contributed by atoms with Gasteiger partial charge in [0, 0.05) is 17.4 Å². The lowest BCUT2D eigenvalue weighted by molar-refractivity contribution is -0.140. The van der Waals surface area contributed by atoms with Gasteiger partial charge in [0.2, 0.25) is 0 Å². The van der Waals surface area contributed by atoms with E-state index in [0.717, 1.165) is 23.5 Å². The molecular weight excluding hydrogens is 393 g/mol. The van der Waals surface area contributed by atoms with Gasteiger partial charge in [-0.2, -0.15) is 13.2 Å². The Morgan fingerprint density at radius 1 is 1.36 bits per heavy atom. The van der Waals surface area contributed by atoms with Crippen molar-refractivity contribution in [2.75, 3.05) is 0 Å². The molecule has 2 unspecified atom stereocenters. The number of carbonyl (C=O) groups excluding carboxylic acids is 1. The van der Waals surface area contributed by atoms with Crippen LogP contribution in [0.1, 0.15) is 31.5 Å². The van der Waals surface area contributed by atoms with Crippen LogP contribution in [0.3, 0.4) is 0 Å². The van der Waals surface area contributed by atoms with Crippen molar-refractivity contribution in [2.45, 2.75) is 44.9 Å². The molecule has 28 heavy (non-hydrogen) atoms. The summed E-state index contributed by atoms with van der Waals surface area (Å²) in [5, 5.41) is 14.2. The van der Waals surface area contributed by atoms with Gasteiger partial charge in [-0.3, -0.25) is 10.1 Å². The molecule has 0 aliphatic rings. The predicted octanol–water partition coefficient (Wildman–Crippen LogP) is 4.03.